The summed E-state index contributed by atoms with van der Waals surface area (Å²) in [5, 5.41) is 9.16. The van der Waals surface area contributed by atoms with Crippen molar-refractivity contribution >= 4 is 6.03 Å². The third-order valence-electron chi connectivity index (χ3n) is 3.51. The standard InChI is InChI=1S/C16H31N5O/c1-2-3-4-5-9-17-10-6-7-11-19-16(22)20-12-8-15-13-18-14-21-15/h13-14,17H,2-12H2,1H3,(H,18,21)(H2,19,20,22). The van der Waals surface area contributed by atoms with E-state index in [0.29, 0.717) is 6.54 Å². The average Bonchev–Trinajstić information content (AvgIpc) is 3.02. The van der Waals surface area contributed by atoms with Crippen LogP contribution in [-0.2, 0) is 6.42 Å². The van der Waals surface area contributed by atoms with E-state index in [1.807, 2.05) is 0 Å². The maximum Gasteiger partial charge on any atom is 0.314 e. The van der Waals surface area contributed by atoms with Crippen molar-refractivity contribution in [3.63, 3.8) is 0 Å². The molecule has 2 amide bonds. The van der Waals surface area contributed by atoms with Crippen LogP contribution in [0.25, 0.3) is 0 Å². The lowest BCUT2D eigenvalue weighted by molar-refractivity contribution is 0.241. The number of urea groups is 1. The average molecular weight is 309 g/mol. The summed E-state index contributed by atoms with van der Waals surface area (Å²) in [6.07, 6.45) is 11.5. The summed E-state index contributed by atoms with van der Waals surface area (Å²) in [7, 11) is 0. The number of carbonyl (C=O) groups excluding carboxylic acids is 1. The first-order valence-electron chi connectivity index (χ1n) is 8.52. The zero-order valence-electron chi connectivity index (χ0n) is 13.8. The van der Waals surface area contributed by atoms with Gasteiger partial charge in [-0.05, 0) is 32.4 Å². The number of nitrogens with one attached hydrogen (secondary N) is 4. The number of aromatic amines is 1. The van der Waals surface area contributed by atoms with Crippen LogP contribution in [-0.4, -0.2) is 42.2 Å². The van der Waals surface area contributed by atoms with Gasteiger partial charge in [0.2, 0.25) is 0 Å². The Hall–Kier alpha value is -1.56. The van der Waals surface area contributed by atoms with E-state index in [1.54, 1.807) is 12.5 Å². The van der Waals surface area contributed by atoms with Crippen LogP contribution in [0.4, 0.5) is 4.79 Å². The molecule has 0 atom stereocenters. The molecule has 0 saturated heterocycles. The zero-order valence-corrected chi connectivity index (χ0v) is 13.8. The Labute approximate surface area is 133 Å². The number of amides is 2. The molecule has 1 aromatic rings. The lowest BCUT2D eigenvalue weighted by Crippen LogP contribution is -2.37. The Bertz CT molecular complexity index is 367. The number of unbranched alkanes of at least 4 members (excludes halogenated alkanes) is 4. The normalized spacial score (nSPS) is 10.6. The van der Waals surface area contributed by atoms with Gasteiger partial charge in [-0.1, -0.05) is 26.2 Å². The smallest absolute Gasteiger partial charge is 0.314 e. The number of carbonyl (C=O) groups is 1. The summed E-state index contributed by atoms with van der Waals surface area (Å²) in [4.78, 5) is 18.5. The monoisotopic (exact) mass is 309 g/mol. The van der Waals surface area contributed by atoms with Gasteiger partial charge in [-0.3, -0.25) is 0 Å². The molecule has 4 N–H and O–H groups in total. The van der Waals surface area contributed by atoms with E-state index < -0.39 is 0 Å². The molecule has 22 heavy (non-hydrogen) atoms. The highest BCUT2D eigenvalue weighted by Crippen LogP contribution is 1.97. The van der Waals surface area contributed by atoms with Gasteiger partial charge in [0.1, 0.15) is 0 Å². The molecule has 0 aliphatic heterocycles. The minimum atomic E-state index is -0.0907. The van der Waals surface area contributed by atoms with Crippen LogP contribution in [0.15, 0.2) is 12.5 Å². The van der Waals surface area contributed by atoms with E-state index in [0.717, 1.165) is 44.6 Å². The Balaban J connectivity index is 1.80. The number of nitrogens with zero attached hydrogens (tertiary/aromatic N) is 1. The van der Waals surface area contributed by atoms with Gasteiger partial charge >= 0.3 is 6.03 Å². The summed E-state index contributed by atoms with van der Waals surface area (Å²) < 4.78 is 0. The Morgan fingerprint density at radius 3 is 2.50 bits per heavy atom. The largest absolute Gasteiger partial charge is 0.348 e. The fourth-order valence-corrected chi connectivity index (χ4v) is 2.17. The fraction of sp³-hybridized carbons (Fsp3) is 0.750. The van der Waals surface area contributed by atoms with Crippen molar-refractivity contribution in [2.45, 2.75) is 51.9 Å². The molecule has 1 rings (SSSR count). The van der Waals surface area contributed by atoms with Gasteiger partial charge in [0.05, 0.1) is 6.33 Å². The third-order valence-corrected chi connectivity index (χ3v) is 3.51. The van der Waals surface area contributed by atoms with Gasteiger partial charge in [-0.25, -0.2) is 9.78 Å². The van der Waals surface area contributed by atoms with Gasteiger partial charge in [0.25, 0.3) is 0 Å². The second kappa shape index (κ2) is 13.1. The number of rotatable bonds is 13. The van der Waals surface area contributed by atoms with Gasteiger partial charge in [-0.15, -0.1) is 0 Å². The summed E-state index contributed by atoms with van der Waals surface area (Å²) in [6, 6.07) is -0.0907. The van der Waals surface area contributed by atoms with Crippen LogP contribution in [0.3, 0.4) is 0 Å². The first-order valence-corrected chi connectivity index (χ1v) is 8.52. The van der Waals surface area contributed by atoms with Crippen molar-refractivity contribution in [3.05, 3.63) is 18.2 Å². The van der Waals surface area contributed by atoms with Crippen molar-refractivity contribution in [3.8, 4) is 0 Å². The van der Waals surface area contributed by atoms with Crippen molar-refractivity contribution in [1.82, 2.24) is 25.9 Å². The predicted molar refractivity (Wildman–Crippen MR) is 89.9 cm³/mol. The van der Waals surface area contributed by atoms with Gasteiger partial charge in [0, 0.05) is 31.4 Å². The van der Waals surface area contributed by atoms with E-state index in [4.69, 9.17) is 0 Å². The van der Waals surface area contributed by atoms with Crippen molar-refractivity contribution in [1.29, 1.82) is 0 Å². The van der Waals surface area contributed by atoms with E-state index >= 15 is 0 Å². The van der Waals surface area contributed by atoms with Gasteiger partial charge < -0.3 is 20.9 Å². The van der Waals surface area contributed by atoms with E-state index in [1.165, 1.54) is 25.7 Å². The van der Waals surface area contributed by atoms with E-state index in [9.17, 15) is 4.79 Å². The highest BCUT2D eigenvalue weighted by molar-refractivity contribution is 5.73. The molecule has 0 saturated carbocycles. The summed E-state index contributed by atoms with van der Waals surface area (Å²) in [5.41, 5.74) is 1.03. The minimum Gasteiger partial charge on any atom is -0.348 e. The molecular formula is C16H31N5O. The van der Waals surface area contributed by atoms with Gasteiger partial charge in [0.15, 0.2) is 0 Å². The second-order valence-electron chi connectivity index (χ2n) is 5.53. The molecule has 0 fully saturated rings. The first-order chi connectivity index (χ1) is 10.8. The van der Waals surface area contributed by atoms with Crippen LogP contribution in [0.2, 0.25) is 0 Å². The molecule has 0 spiro atoms. The van der Waals surface area contributed by atoms with Crippen LogP contribution in [0, 0.1) is 0 Å². The molecule has 0 aromatic carbocycles. The molecule has 6 nitrogen and oxygen atoms in total. The lowest BCUT2D eigenvalue weighted by Gasteiger charge is -2.07. The maximum atomic E-state index is 11.5. The molecule has 6 heteroatoms. The van der Waals surface area contributed by atoms with Gasteiger partial charge in [-0.2, -0.15) is 0 Å². The number of H-pyrrole nitrogens is 1. The van der Waals surface area contributed by atoms with Crippen LogP contribution in [0.5, 0.6) is 0 Å². The molecule has 0 radical (unpaired) electrons. The van der Waals surface area contributed by atoms with Crippen molar-refractivity contribution in [2.75, 3.05) is 26.2 Å². The molecule has 0 aliphatic rings. The minimum absolute atomic E-state index is 0.0907. The first kappa shape index (κ1) is 18.5. The highest BCUT2D eigenvalue weighted by Gasteiger charge is 1.99. The third kappa shape index (κ3) is 10.2. The number of aromatic nitrogens is 2. The SMILES string of the molecule is CCCCCCNCCCCNC(=O)NCCc1cnc[nH]1. The second-order valence-corrected chi connectivity index (χ2v) is 5.53. The van der Waals surface area contributed by atoms with Crippen LogP contribution in [0.1, 0.15) is 51.1 Å². The molecule has 0 bridgehead atoms. The number of imidazole rings is 1. The van der Waals surface area contributed by atoms with E-state index in [-0.39, 0.29) is 6.03 Å². The van der Waals surface area contributed by atoms with E-state index in [2.05, 4.69) is 32.8 Å². The lowest BCUT2D eigenvalue weighted by atomic mass is 10.2. The summed E-state index contributed by atoms with van der Waals surface area (Å²) in [6.45, 7) is 5.73. The predicted octanol–water partition coefficient (Wildman–Crippen LogP) is 2.20. The van der Waals surface area contributed by atoms with Crippen LogP contribution < -0.4 is 16.0 Å². The Morgan fingerprint density at radius 1 is 1.05 bits per heavy atom. The fourth-order valence-electron chi connectivity index (χ4n) is 2.17. The van der Waals surface area contributed by atoms with Crippen molar-refractivity contribution in [2.24, 2.45) is 0 Å². The quantitative estimate of drug-likeness (QED) is 0.422. The van der Waals surface area contributed by atoms with Crippen molar-refractivity contribution < 1.29 is 4.79 Å². The summed E-state index contributed by atoms with van der Waals surface area (Å²) in [5.74, 6) is 0. The number of hydrogen-bond acceptors (Lipinski definition) is 3. The molecular weight excluding hydrogens is 278 g/mol. The Morgan fingerprint density at radius 2 is 1.77 bits per heavy atom. The molecule has 0 unspecified atom stereocenters. The highest BCUT2D eigenvalue weighted by atomic mass is 16.2. The number of hydrogen-bond donors (Lipinski definition) is 4. The molecule has 1 aromatic heterocycles. The van der Waals surface area contributed by atoms with Crippen LogP contribution >= 0.6 is 0 Å². The molecule has 126 valence electrons. The summed E-state index contributed by atoms with van der Waals surface area (Å²) >= 11 is 0. The maximum absolute atomic E-state index is 11.5. The molecule has 1 heterocycles. The Kier molecular flexibility index (Phi) is 11.0. The molecule has 0 aliphatic carbocycles. The zero-order chi connectivity index (χ0) is 15.9. The topological polar surface area (TPSA) is 81.8 Å².